The van der Waals surface area contributed by atoms with E-state index >= 15 is 0 Å². The van der Waals surface area contributed by atoms with E-state index in [4.69, 9.17) is 0 Å². The van der Waals surface area contributed by atoms with Gasteiger partial charge in [-0.2, -0.15) is 5.10 Å². The number of aromatic nitrogens is 3. The van der Waals surface area contributed by atoms with Gasteiger partial charge in [-0.25, -0.2) is 9.67 Å². The first-order valence-electron chi connectivity index (χ1n) is 7.86. The molecule has 0 saturated carbocycles. The van der Waals surface area contributed by atoms with Crippen LogP contribution in [0.15, 0.2) is 12.7 Å². The molecule has 1 unspecified atom stereocenters. The van der Waals surface area contributed by atoms with Crippen molar-refractivity contribution >= 4 is 7.26 Å². The van der Waals surface area contributed by atoms with E-state index in [0.29, 0.717) is 5.78 Å². The minimum absolute atomic E-state index is 0.609. The van der Waals surface area contributed by atoms with E-state index < -0.39 is 7.26 Å². The minimum Gasteiger partial charge on any atom is -0.223 e. The van der Waals surface area contributed by atoms with Gasteiger partial charge >= 0.3 is 0 Å². The van der Waals surface area contributed by atoms with Gasteiger partial charge in [0.25, 0.3) is 0 Å². The average Bonchev–Trinajstić information content (AvgIpc) is 2.94. The second-order valence-corrected chi connectivity index (χ2v) is 10.2. The molecule has 19 heavy (non-hydrogen) atoms. The first-order chi connectivity index (χ1) is 9.18. The summed E-state index contributed by atoms with van der Waals surface area (Å²) in [6, 6.07) is 0. The maximum atomic E-state index is 4.45. The molecule has 1 aromatic rings. The molecule has 0 fully saturated rings. The molecule has 0 aromatic carbocycles. The van der Waals surface area contributed by atoms with Gasteiger partial charge in [-0.3, -0.25) is 0 Å². The van der Waals surface area contributed by atoms with E-state index in [1.807, 2.05) is 6.33 Å². The highest BCUT2D eigenvalue weighted by Gasteiger charge is 2.41. The molecule has 1 aromatic heterocycles. The number of hydrogen-bond acceptors (Lipinski definition) is 2. The van der Waals surface area contributed by atoms with Gasteiger partial charge < -0.3 is 0 Å². The molecule has 0 aliphatic rings. The summed E-state index contributed by atoms with van der Waals surface area (Å²) in [4.78, 5) is 4.17. The molecular weight excluding hydrogens is 253 g/mol. The van der Waals surface area contributed by atoms with Crippen LogP contribution >= 0.6 is 7.26 Å². The van der Waals surface area contributed by atoms with E-state index in [1.165, 1.54) is 50.8 Å². The van der Waals surface area contributed by atoms with Crippen molar-refractivity contribution in [2.75, 3.05) is 19.0 Å². The summed E-state index contributed by atoms with van der Waals surface area (Å²) >= 11 is 0. The predicted octanol–water partition coefficient (Wildman–Crippen LogP) is 4.82. The quantitative estimate of drug-likeness (QED) is 0.576. The average molecular weight is 284 g/mol. The molecule has 0 radical (unpaired) electrons. The summed E-state index contributed by atoms with van der Waals surface area (Å²) in [5.74, 6) is 0.609. The number of nitrogens with zero attached hydrogens (tertiary/aromatic N) is 3. The van der Waals surface area contributed by atoms with Crippen molar-refractivity contribution < 1.29 is 0 Å². The van der Waals surface area contributed by atoms with Crippen molar-refractivity contribution in [3.63, 3.8) is 0 Å². The van der Waals surface area contributed by atoms with Gasteiger partial charge in [-0.1, -0.05) is 40.0 Å². The fourth-order valence-corrected chi connectivity index (χ4v) is 7.28. The lowest BCUT2D eigenvalue weighted by Crippen LogP contribution is -2.18. The molecule has 4 heteroatoms. The van der Waals surface area contributed by atoms with Crippen molar-refractivity contribution in [2.24, 2.45) is 0 Å². The summed E-state index contributed by atoms with van der Waals surface area (Å²) in [5.41, 5.74) is 0. The van der Waals surface area contributed by atoms with Crippen molar-refractivity contribution in [2.45, 2.75) is 65.1 Å². The van der Waals surface area contributed by atoms with E-state index in [2.05, 4.69) is 42.2 Å². The highest BCUT2D eigenvalue weighted by atomic mass is 31.2. The number of hydrogen-bond donors (Lipinski definition) is 0. The summed E-state index contributed by atoms with van der Waals surface area (Å²) < 4.78 is 2.16. The Morgan fingerprint density at radius 3 is 2.11 bits per heavy atom. The Morgan fingerprint density at radius 1 is 1.05 bits per heavy atom. The molecule has 1 heterocycles. The van der Waals surface area contributed by atoms with Gasteiger partial charge in [0.1, 0.15) is 12.7 Å². The topological polar surface area (TPSA) is 30.7 Å². The molecule has 0 aliphatic carbocycles. The second-order valence-electron chi connectivity index (χ2n) is 5.78. The summed E-state index contributed by atoms with van der Waals surface area (Å²) in [6.45, 7) is 9.46. The van der Waals surface area contributed by atoms with Gasteiger partial charge in [-0.15, -0.1) is 0 Å². The van der Waals surface area contributed by atoms with E-state index in [0.717, 1.165) is 0 Å². The van der Waals surface area contributed by atoms with E-state index in [1.54, 1.807) is 6.33 Å². The second kappa shape index (κ2) is 8.68. The molecule has 1 rings (SSSR count). The number of rotatable bonds is 10. The molecule has 0 N–H and O–H groups in total. The molecule has 0 bridgehead atoms. The Hall–Kier alpha value is -0.430. The molecule has 0 saturated heterocycles. The normalized spacial score (nSPS) is 13.7. The van der Waals surface area contributed by atoms with Crippen LogP contribution in [0.2, 0.25) is 0 Å². The Morgan fingerprint density at radius 2 is 1.68 bits per heavy atom. The zero-order valence-electron chi connectivity index (χ0n) is 13.2. The third kappa shape index (κ3) is 4.87. The Bertz CT molecular complexity index is 316. The van der Waals surface area contributed by atoms with E-state index in [9.17, 15) is 0 Å². The van der Waals surface area contributed by atoms with Crippen molar-refractivity contribution in [1.82, 2.24) is 14.8 Å². The zero-order chi connectivity index (χ0) is 14.1. The lowest BCUT2D eigenvalue weighted by molar-refractivity contribution is 0.536. The molecule has 0 spiro atoms. The standard InChI is InChI=1S/C15H31N3P/c1-5-8-11-19(4,12-9-6-2)15(10-7-3)18-14-16-13-17-18/h13-15H,5-12H2,1-4H3/q+1. The first kappa shape index (κ1) is 16.6. The Labute approximate surface area is 119 Å². The van der Waals surface area contributed by atoms with Gasteiger partial charge in [0, 0.05) is 13.7 Å². The van der Waals surface area contributed by atoms with Crippen LogP contribution in [0.3, 0.4) is 0 Å². The summed E-state index contributed by atoms with van der Waals surface area (Å²) in [5, 5.41) is 4.45. The Balaban J connectivity index is 2.88. The zero-order valence-corrected chi connectivity index (χ0v) is 14.1. The molecule has 0 amide bonds. The lowest BCUT2D eigenvalue weighted by atomic mass is 10.3. The monoisotopic (exact) mass is 284 g/mol. The highest BCUT2D eigenvalue weighted by Crippen LogP contribution is 2.67. The fourth-order valence-electron chi connectivity index (χ4n) is 2.81. The SMILES string of the molecule is CCCC[P+](C)(CCCC)C(CCC)n1cncn1. The van der Waals surface area contributed by atoms with Crippen molar-refractivity contribution in [3.8, 4) is 0 Å². The third-order valence-electron chi connectivity index (χ3n) is 4.05. The van der Waals surface area contributed by atoms with Gasteiger partial charge in [0.2, 0.25) is 0 Å². The van der Waals surface area contributed by atoms with Crippen LogP contribution < -0.4 is 0 Å². The molecule has 0 aliphatic heterocycles. The summed E-state index contributed by atoms with van der Waals surface area (Å²) in [7, 11) is -0.957. The van der Waals surface area contributed by atoms with E-state index in [-0.39, 0.29) is 0 Å². The van der Waals surface area contributed by atoms with Gasteiger partial charge in [0.15, 0.2) is 5.78 Å². The predicted molar refractivity (Wildman–Crippen MR) is 86.4 cm³/mol. The third-order valence-corrected chi connectivity index (χ3v) is 8.66. The summed E-state index contributed by atoms with van der Waals surface area (Å²) in [6.07, 6.45) is 14.3. The first-order valence-corrected chi connectivity index (χ1v) is 10.5. The lowest BCUT2D eigenvalue weighted by Gasteiger charge is -2.31. The van der Waals surface area contributed by atoms with Crippen LogP contribution in [0, 0.1) is 0 Å². The van der Waals surface area contributed by atoms with Crippen molar-refractivity contribution in [3.05, 3.63) is 12.7 Å². The molecule has 3 nitrogen and oxygen atoms in total. The van der Waals surface area contributed by atoms with Crippen LogP contribution in [0.25, 0.3) is 0 Å². The molecule has 110 valence electrons. The molecule has 1 atom stereocenters. The van der Waals surface area contributed by atoms with Crippen LogP contribution in [0.4, 0.5) is 0 Å². The van der Waals surface area contributed by atoms with Crippen LogP contribution in [-0.4, -0.2) is 33.8 Å². The maximum Gasteiger partial charge on any atom is 0.161 e. The van der Waals surface area contributed by atoms with Gasteiger partial charge in [0.05, 0.1) is 19.0 Å². The fraction of sp³-hybridized carbons (Fsp3) is 0.867. The maximum absolute atomic E-state index is 4.45. The van der Waals surface area contributed by atoms with Crippen LogP contribution in [-0.2, 0) is 0 Å². The largest absolute Gasteiger partial charge is 0.223 e. The minimum atomic E-state index is -0.957. The smallest absolute Gasteiger partial charge is 0.161 e. The van der Waals surface area contributed by atoms with Gasteiger partial charge in [-0.05, 0) is 12.8 Å². The molecular formula is C15H31N3P+. The Kier molecular flexibility index (Phi) is 7.60. The number of unbranched alkanes of at least 4 members (excludes halogenated alkanes) is 2. The van der Waals surface area contributed by atoms with Crippen LogP contribution in [0.1, 0.15) is 65.1 Å². The highest BCUT2D eigenvalue weighted by molar-refractivity contribution is 7.75. The van der Waals surface area contributed by atoms with Crippen molar-refractivity contribution in [1.29, 1.82) is 0 Å². The van der Waals surface area contributed by atoms with Crippen LogP contribution in [0.5, 0.6) is 0 Å².